The van der Waals surface area contributed by atoms with E-state index in [1.165, 1.54) is 0 Å². The number of aromatic nitrogens is 2. The Morgan fingerprint density at radius 2 is 1.63 bits per heavy atom. The molecule has 1 saturated heterocycles. The number of hydrogen-bond acceptors (Lipinski definition) is 7. The van der Waals surface area contributed by atoms with Crippen molar-refractivity contribution in [2.75, 3.05) is 20.0 Å². The normalized spacial score (nSPS) is 25.3. The van der Waals surface area contributed by atoms with Gasteiger partial charge in [0.1, 0.15) is 43.8 Å². The predicted molar refractivity (Wildman–Crippen MR) is 111 cm³/mol. The molecule has 8 nitrogen and oxygen atoms in total. The fraction of sp³-hybridized carbons (Fsp3) is 0.591. The Morgan fingerprint density at radius 1 is 1.03 bits per heavy atom. The van der Waals surface area contributed by atoms with Crippen LogP contribution in [0.15, 0.2) is 24.3 Å². The summed E-state index contributed by atoms with van der Waals surface area (Å²) in [6, 6.07) is 4.74. The highest BCUT2D eigenvalue weighted by Gasteiger charge is 2.47. The lowest BCUT2D eigenvalue weighted by Crippen LogP contribution is -2.60. The molecular weight excluding hydrogens is 483 g/mol. The number of aliphatic hydroxyl groups is 4. The van der Waals surface area contributed by atoms with Crippen molar-refractivity contribution in [3.05, 3.63) is 46.6 Å². The van der Waals surface area contributed by atoms with E-state index in [9.17, 15) is 42.4 Å². The molecule has 4 N–H and O–H groups in total. The number of rotatable bonds is 9. The van der Waals surface area contributed by atoms with Crippen LogP contribution in [0.3, 0.4) is 0 Å². The Kier molecular flexibility index (Phi) is 8.70. The lowest BCUT2D eigenvalue weighted by Gasteiger charge is -2.39. The van der Waals surface area contributed by atoms with Gasteiger partial charge in [-0.25, -0.2) is 13.5 Å². The highest BCUT2D eigenvalue weighted by molar-refractivity contribution is 5.39. The number of ether oxygens (including phenoxy) is 2. The number of aryl methyl sites for hydroxylation is 1. The summed E-state index contributed by atoms with van der Waals surface area (Å²) in [6.07, 6.45) is -13.5. The minimum Gasteiger partial charge on any atom is -0.443 e. The van der Waals surface area contributed by atoms with Crippen LogP contribution in [0.4, 0.5) is 22.0 Å². The van der Waals surface area contributed by atoms with Crippen molar-refractivity contribution in [1.29, 1.82) is 0 Å². The number of nitrogens with zero attached hydrogens (tertiary/aromatic N) is 2. The summed E-state index contributed by atoms with van der Waals surface area (Å²) >= 11 is 0. The molecule has 2 aromatic rings. The van der Waals surface area contributed by atoms with E-state index in [-0.39, 0.29) is 4.68 Å². The first-order valence-corrected chi connectivity index (χ1v) is 10.9. The van der Waals surface area contributed by atoms with Crippen LogP contribution in [0.2, 0.25) is 0 Å². The molecule has 35 heavy (non-hydrogen) atoms. The first-order valence-electron chi connectivity index (χ1n) is 10.9. The summed E-state index contributed by atoms with van der Waals surface area (Å²) in [4.78, 5) is 0. The van der Waals surface area contributed by atoms with Gasteiger partial charge in [-0.3, -0.25) is 0 Å². The van der Waals surface area contributed by atoms with Gasteiger partial charge in [-0.05, 0) is 17.5 Å². The molecule has 2 heterocycles. The average Bonchev–Trinajstić information content (AvgIpc) is 3.18. The highest BCUT2D eigenvalue weighted by atomic mass is 19.4. The molecule has 1 aromatic carbocycles. The molecular formula is C22H27F5N2O6. The van der Waals surface area contributed by atoms with Gasteiger partial charge in [-0.1, -0.05) is 31.2 Å². The van der Waals surface area contributed by atoms with Gasteiger partial charge in [0, 0.05) is 6.42 Å². The van der Waals surface area contributed by atoms with E-state index in [2.05, 4.69) is 5.10 Å². The van der Waals surface area contributed by atoms with Crippen molar-refractivity contribution in [2.24, 2.45) is 0 Å². The molecule has 5 atom stereocenters. The molecule has 13 heteroatoms. The van der Waals surface area contributed by atoms with Gasteiger partial charge in [0.15, 0.2) is 5.69 Å². The van der Waals surface area contributed by atoms with Gasteiger partial charge in [0.2, 0.25) is 12.2 Å². The van der Waals surface area contributed by atoms with Crippen LogP contribution >= 0.6 is 0 Å². The Bertz CT molecular complexity index is 964. The van der Waals surface area contributed by atoms with E-state index >= 15 is 0 Å². The molecule has 1 fully saturated rings. The van der Waals surface area contributed by atoms with Crippen molar-refractivity contribution >= 4 is 0 Å². The van der Waals surface area contributed by atoms with E-state index in [0.29, 0.717) is 12.0 Å². The standard InChI is InChI=1S/C22H27F5N2O6/c1-2-11-3-5-12(6-4-11)7-14-19(22(25,26)27)29(13(8-23)9-24)28-20(14)35-21-18(33)17(32)16(31)15(10-30)34-21/h3-6,13,15-18,21,30-33H,2,7-10H2,1H3/t15-,16-,17+,18-,21-/m1/s1. The van der Waals surface area contributed by atoms with Gasteiger partial charge in [0.05, 0.1) is 12.2 Å². The second-order valence-corrected chi connectivity index (χ2v) is 8.20. The van der Waals surface area contributed by atoms with Crippen molar-refractivity contribution < 1.29 is 51.9 Å². The molecule has 0 bridgehead atoms. The van der Waals surface area contributed by atoms with Gasteiger partial charge in [-0.2, -0.15) is 13.2 Å². The molecule has 1 aliphatic rings. The fourth-order valence-corrected chi connectivity index (χ4v) is 3.81. The van der Waals surface area contributed by atoms with Crippen molar-refractivity contribution in [3.8, 4) is 5.88 Å². The van der Waals surface area contributed by atoms with E-state index in [4.69, 9.17) is 9.47 Å². The van der Waals surface area contributed by atoms with Crippen molar-refractivity contribution in [3.63, 3.8) is 0 Å². The SMILES string of the molecule is CCc1ccc(Cc2c(O[C@H]3O[C@H](CO)[C@@H](O)[C@H](O)[C@H]3O)nn(C(CF)CF)c2C(F)(F)F)cc1. The topological polar surface area (TPSA) is 117 Å². The minimum atomic E-state index is -5.08. The molecule has 0 radical (unpaired) electrons. The maximum absolute atomic E-state index is 14.1. The molecule has 1 aromatic heterocycles. The second kappa shape index (κ2) is 11.2. The van der Waals surface area contributed by atoms with Crippen LogP contribution in [-0.4, -0.2) is 80.9 Å². The van der Waals surface area contributed by atoms with E-state index in [0.717, 1.165) is 5.56 Å². The number of hydrogen-bond donors (Lipinski definition) is 4. The summed E-state index contributed by atoms with van der Waals surface area (Å²) in [5, 5.41) is 43.2. The first-order chi connectivity index (χ1) is 16.5. The lowest BCUT2D eigenvalue weighted by molar-refractivity contribution is -0.278. The molecule has 0 aliphatic carbocycles. The predicted octanol–water partition coefficient (Wildman–Crippen LogP) is 1.71. The third-order valence-electron chi connectivity index (χ3n) is 5.83. The minimum absolute atomic E-state index is 0.162. The van der Waals surface area contributed by atoms with Gasteiger partial charge in [-0.15, -0.1) is 5.10 Å². The third kappa shape index (κ3) is 5.75. The second-order valence-electron chi connectivity index (χ2n) is 8.20. The van der Waals surface area contributed by atoms with Crippen LogP contribution < -0.4 is 4.74 Å². The average molecular weight is 510 g/mol. The highest BCUT2D eigenvalue weighted by Crippen LogP contribution is 2.40. The quantitative estimate of drug-likeness (QED) is 0.380. The third-order valence-corrected chi connectivity index (χ3v) is 5.83. The molecule has 0 amide bonds. The van der Waals surface area contributed by atoms with Crippen LogP contribution in [0.25, 0.3) is 0 Å². The summed E-state index contributed by atoms with van der Waals surface area (Å²) in [7, 11) is 0. The molecule has 196 valence electrons. The van der Waals surface area contributed by atoms with Crippen molar-refractivity contribution in [1.82, 2.24) is 9.78 Å². The number of halogens is 5. The summed E-state index contributed by atoms with van der Waals surface area (Å²) < 4.78 is 79.9. The molecule has 0 saturated carbocycles. The zero-order chi connectivity index (χ0) is 25.9. The lowest BCUT2D eigenvalue weighted by atomic mass is 9.99. The summed E-state index contributed by atoms with van der Waals surface area (Å²) in [5.41, 5.74) is -0.640. The fourth-order valence-electron chi connectivity index (χ4n) is 3.81. The van der Waals surface area contributed by atoms with Crippen LogP contribution in [-0.2, 0) is 23.8 Å². The molecule has 1 aliphatic heterocycles. The van der Waals surface area contributed by atoms with Gasteiger partial charge in [0.25, 0.3) is 0 Å². The number of alkyl halides is 5. The zero-order valence-electron chi connectivity index (χ0n) is 18.7. The van der Waals surface area contributed by atoms with E-state index in [1.807, 2.05) is 6.92 Å². The van der Waals surface area contributed by atoms with Gasteiger partial charge >= 0.3 is 6.18 Å². The smallest absolute Gasteiger partial charge is 0.433 e. The number of benzene rings is 1. The van der Waals surface area contributed by atoms with Crippen LogP contribution in [0.1, 0.15) is 35.3 Å². The summed E-state index contributed by atoms with van der Waals surface area (Å²) in [5.74, 6) is -0.729. The first kappa shape index (κ1) is 27.3. The Hall–Kier alpha value is -2.32. The molecule has 0 unspecified atom stereocenters. The summed E-state index contributed by atoms with van der Waals surface area (Å²) in [6.45, 7) is -1.85. The van der Waals surface area contributed by atoms with Crippen molar-refractivity contribution in [2.45, 2.75) is 62.7 Å². The van der Waals surface area contributed by atoms with E-state index in [1.54, 1.807) is 24.3 Å². The monoisotopic (exact) mass is 510 g/mol. The Labute approximate surface area is 197 Å². The maximum Gasteiger partial charge on any atom is 0.433 e. The van der Waals surface area contributed by atoms with E-state index < -0.39 is 86.4 Å². The van der Waals surface area contributed by atoms with Gasteiger partial charge < -0.3 is 29.9 Å². The molecule has 3 rings (SSSR count). The Balaban J connectivity index is 2.09. The number of aliphatic hydroxyl groups excluding tert-OH is 4. The zero-order valence-corrected chi connectivity index (χ0v) is 18.7. The largest absolute Gasteiger partial charge is 0.443 e. The van der Waals surface area contributed by atoms with Crippen LogP contribution in [0.5, 0.6) is 5.88 Å². The Morgan fingerprint density at radius 3 is 2.14 bits per heavy atom. The molecule has 0 spiro atoms. The van der Waals surface area contributed by atoms with Crippen LogP contribution in [0, 0.1) is 0 Å². The maximum atomic E-state index is 14.1.